The zero-order valence-corrected chi connectivity index (χ0v) is 10.2. The molecule has 2 nitrogen and oxygen atoms in total. The summed E-state index contributed by atoms with van der Waals surface area (Å²) < 4.78 is 0. The van der Waals surface area contributed by atoms with Crippen molar-refractivity contribution in [2.45, 2.75) is 32.7 Å². The van der Waals surface area contributed by atoms with E-state index in [0.717, 1.165) is 29.0 Å². The van der Waals surface area contributed by atoms with E-state index in [1.807, 2.05) is 13.0 Å². The standard InChI is InChI=1S/C14H19NO/c1-10-4-7-14(13(8-10)9-16)15(3)11(2)12-5-6-12/h4,7-9,11-12H,5-6H2,1-3H3. The third-order valence-electron chi connectivity index (χ3n) is 3.61. The first-order valence-electron chi connectivity index (χ1n) is 5.92. The maximum atomic E-state index is 11.1. The molecule has 0 aliphatic heterocycles. The zero-order chi connectivity index (χ0) is 11.7. The second-order valence-corrected chi connectivity index (χ2v) is 4.87. The lowest BCUT2D eigenvalue weighted by Crippen LogP contribution is -2.31. The molecule has 0 bridgehead atoms. The molecule has 1 aromatic rings. The zero-order valence-electron chi connectivity index (χ0n) is 10.2. The van der Waals surface area contributed by atoms with Gasteiger partial charge in [0.05, 0.1) is 0 Å². The highest BCUT2D eigenvalue weighted by Crippen LogP contribution is 2.36. The lowest BCUT2D eigenvalue weighted by atomic mass is 10.1. The van der Waals surface area contributed by atoms with Crippen molar-refractivity contribution in [1.29, 1.82) is 0 Å². The van der Waals surface area contributed by atoms with Crippen LogP contribution in [0.3, 0.4) is 0 Å². The predicted octanol–water partition coefficient (Wildman–Crippen LogP) is 3.04. The Morgan fingerprint density at radius 1 is 1.44 bits per heavy atom. The van der Waals surface area contributed by atoms with E-state index in [4.69, 9.17) is 0 Å². The molecule has 1 atom stereocenters. The highest BCUT2D eigenvalue weighted by Gasteiger charge is 2.31. The van der Waals surface area contributed by atoms with Crippen molar-refractivity contribution in [3.63, 3.8) is 0 Å². The quantitative estimate of drug-likeness (QED) is 0.722. The fourth-order valence-corrected chi connectivity index (χ4v) is 2.20. The van der Waals surface area contributed by atoms with Crippen LogP contribution in [0, 0.1) is 12.8 Å². The highest BCUT2D eigenvalue weighted by molar-refractivity contribution is 5.85. The van der Waals surface area contributed by atoms with E-state index >= 15 is 0 Å². The molecule has 0 aromatic heterocycles. The third kappa shape index (κ3) is 2.11. The minimum absolute atomic E-state index is 0.529. The second-order valence-electron chi connectivity index (χ2n) is 4.87. The molecule has 86 valence electrons. The van der Waals surface area contributed by atoms with Crippen molar-refractivity contribution in [3.8, 4) is 0 Å². The van der Waals surface area contributed by atoms with Gasteiger partial charge in [-0.2, -0.15) is 0 Å². The fourth-order valence-electron chi connectivity index (χ4n) is 2.20. The van der Waals surface area contributed by atoms with Crippen molar-refractivity contribution >= 4 is 12.0 Å². The summed E-state index contributed by atoms with van der Waals surface area (Å²) in [5.41, 5.74) is 2.99. The number of nitrogens with zero attached hydrogens (tertiary/aromatic N) is 1. The summed E-state index contributed by atoms with van der Waals surface area (Å²) in [5.74, 6) is 0.811. The van der Waals surface area contributed by atoms with Gasteiger partial charge >= 0.3 is 0 Å². The van der Waals surface area contributed by atoms with Crippen LogP contribution in [0.4, 0.5) is 5.69 Å². The van der Waals surface area contributed by atoms with Crippen LogP contribution in [0.25, 0.3) is 0 Å². The molecule has 1 aliphatic rings. The van der Waals surface area contributed by atoms with E-state index in [2.05, 4.69) is 31.0 Å². The van der Waals surface area contributed by atoms with Crippen molar-refractivity contribution in [1.82, 2.24) is 0 Å². The van der Waals surface area contributed by atoms with Crippen molar-refractivity contribution in [2.24, 2.45) is 5.92 Å². The average molecular weight is 217 g/mol. The summed E-state index contributed by atoms with van der Waals surface area (Å²) in [6.07, 6.45) is 3.61. The third-order valence-corrected chi connectivity index (χ3v) is 3.61. The summed E-state index contributed by atoms with van der Waals surface area (Å²) in [5, 5.41) is 0. The summed E-state index contributed by atoms with van der Waals surface area (Å²) in [4.78, 5) is 13.3. The molecule has 0 amide bonds. The summed E-state index contributed by atoms with van der Waals surface area (Å²) in [7, 11) is 2.08. The minimum Gasteiger partial charge on any atom is -0.371 e. The molecule has 1 aliphatic carbocycles. The molecular weight excluding hydrogens is 198 g/mol. The van der Waals surface area contributed by atoms with Crippen LogP contribution in [-0.2, 0) is 0 Å². The number of aryl methyl sites for hydroxylation is 1. The van der Waals surface area contributed by atoms with E-state index in [1.54, 1.807) is 0 Å². The summed E-state index contributed by atoms with van der Waals surface area (Å²) in [6.45, 7) is 4.26. The Morgan fingerprint density at radius 3 is 2.69 bits per heavy atom. The lowest BCUT2D eigenvalue weighted by Gasteiger charge is -2.28. The van der Waals surface area contributed by atoms with Gasteiger partial charge in [-0.05, 0) is 44.7 Å². The molecule has 0 heterocycles. The Morgan fingerprint density at radius 2 is 2.12 bits per heavy atom. The van der Waals surface area contributed by atoms with Crippen molar-refractivity contribution in [2.75, 3.05) is 11.9 Å². The van der Waals surface area contributed by atoms with Crippen molar-refractivity contribution in [3.05, 3.63) is 29.3 Å². The van der Waals surface area contributed by atoms with Gasteiger partial charge < -0.3 is 4.90 Å². The molecule has 0 radical (unpaired) electrons. The van der Waals surface area contributed by atoms with Crippen molar-refractivity contribution < 1.29 is 4.79 Å². The normalized spacial score (nSPS) is 16.9. The number of carbonyl (C=O) groups is 1. The van der Waals surface area contributed by atoms with E-state index in [1.165, 1.54) is 12.8 Å². The number of hydrogen-bond acceptors (Lipinski definition) is 2. The lowest BCUT2D eigenvalue weighted by molar-refractivity contribution is 0.112. The van der Waals surface area contributed by atoms with E-state index in [0.29, 0.717) is 6.04 Å². The number of hydrogen-bond donors (Lipinski definition) is 0. The summed E-state index contributed by atoms with van der Waals surface area (Å²) in [6, 6.07) is 6.61. The van der Waals surface area contributed by atoms with Crippen LogP contribution >= 0.6 is 0 Å². The minimum atomic E-state index is 0.529. The fraction of sp³-hybridized carbons (Fsp3) is 0.500. The number of benzene rings is 1. The van der Waals surface area contributed by atoms with Gasteiger partial charge in [-0.25, -0.2) is 0 Å². The molecular formula is C14H19NO. The first kappa shape index (κ1) is 11.2. The maximum Gasteiger partial charge on any atom is 0.152 e. The van der Waals surface area contributed by atoms with Crippen LogP contribution in [0.2, 0.25) is 0 Å². The monoisotopic (exact) mass is 217 g/mol. The number of anilines is 1. The van der Waals surface area contributed by atoms with Gasteiger partial charge in [0.15, 0.2) is 6.29 Å². The first-order valence-corrected chi connectivity index (χ1v) is 5.92. The molecule has 0 N–H and O–H groups in total. The number of carbonyl (C=O) groups excluding carboxylic acids is 1. The Hall–Kier alpha value is -1.31. The van der Waals surface area contributed by atoms with Gasteiger partial charge in [-0.3, -0.25) is 4.79 Å². The molecule has 1 saturated carbocycles. The molecule has 2 heteroatoms. The van der Waals surface area contributed by atoms with Crippen LogP contribution in [0.15, 0.2) is 18.2 Å². The summed E-state index contributed by atoms with van der Waals surface area (Å²) >= 11 is 0. The van der Waals surface area contributed by atoms with Crippen LogP contribution in [-0.4, -0.2) is 19.4 Å². The largest absolute Gasteiger partial charge is 0.371 e. The Bertz CT molecular complexity index is 396. The van der Waals surface area contributed by atoms with Gasteiger partial charge in [0.1, 0.15) is 0 Å². The predicted molar refractivity (Wildman–Crippen MR) is 67.2 cm³/mol. The Labute approximate surface area is 97.3 Å². The van der Waals surface area contributed by atoms with E-state index in [9.17, 15) is 4.79 Å². The Kier molecular flexibility index (Phi) is 2.99. The SMILES string of the molecule is Cc1ccc(N(C)C(C)C2CC2)c(C=O)c1. The van der Waals surface area contributed by atoms with Gasteiger partial charge in [0, 0.05) is 24.3 Å². The molecule has 2 rings (SSSR count). The van der Waals surface area contributed by atoms with Gasteiger partial charge in [0.25, 0.3) is 0 Å². The molecule has 1 unspecified atom stereocenters. The number of aldehydes is 1. The Balaban J connectivity index is 2.27. The average Bonchev–Trinajstić information content (AvgIpc) is 3.10. The topological polar surface area (TPSA) is 20.3 Å². The van der Waals surface area contributed by atoms with E-state index in [-0.39, 0.29) is 0 Å². The van der Waals surface area contributed by atoms with Crippen LogP contribution in [0.5, 0.6) is 0 Å². The number of rotatable bonds is 4. The second kappa shape index (κ2) is 4.28. The molecule has 1 aromatic carbocycles. The van der Waals surface area contributed by atoms with Gasteiger partial charge in [0.2, 0.25) is 0 Å². The molecule has 0 spiro atoms. The highest BCUT2D eigenvalue weighted by atomic mass is 16.1. The maximum absolute atomic E-state index is 11.1. The van der Waals surface area contributed by atoms with Gasteiger partial charge in [-0.1, -0.05) is 11.6 Å². The first-order chi connectivity index (χ1) is 7.63. The smallest absolute Gasteiger partial charge is 0.152 e. The molecule has 16 heavy (non-hydrogen) atoms. The molecule has 1 fully saturated rings. The van der Waals surface area contributed by atoms with E-state index < -0.39 is 0 Å². The van der Waals surface area contributed by atoms with Gasteiger partial charge in [-0.15, -0.1) is 0 Å². The molecule has 0 saturated heterocycles. The van der Waals surface area contributed by atoms with Crippen LogP contribution < -0.4 is 4.90 Å². The van der Waals surface area contributed by atoms with Crippen LogP contribution in [0.1, 0.15) is 35.7 Å².